The minimum atomic E-state index is -3.29. The van der Waals surface area contributed by atoms with Gasteiger partial charge in [-0.05, 0) is 54.6 Å². The van der Waals surface area contributed by atoms with Gasteiger partial charge in [0.15, 0.2) is 9.84 Å². The Kier molecular flexibility index (Phi) is 4.90. The van der Waals surface area contributed by atoms with Crippen LogP contribution in [0.3, 0.4) is 0 Å². The molecule has 3 aromatic carbocycles. The summed E-state index contributed by atoms with van der Waals surface area (Å²) in [7, 11) is -3.29. The molecule has 0 atom stereocenters. The Labute approximate surface area is 173 Å². The average molecular weight is 425 g/mol. The van der Waals surface area contributed by atoms with Crippen LogP contribution in [0.4, 0.5) is 0 Å². The third kappa shape index (κ3) is 3.90. The van der Waals surface area contributed by atoms with Gasteiger partial charge in [0, 0.05) is 22.4 Å². The molecule has 1 N–H and O–H groups in total. The molecule has 4 aromatic rings. The van der Waals surface area contributed by atoms with E-state index in [-0.39, 0.29) is 10.6 Å². The van der Waals surface area contributed by atoms with Gasteiger partial charge in [-0.25, -0.2) is 13.1 Å². The van der Waals surface area contributed by atoms with Crippen molar-refractivity contribution in [2.45, 2.75) is 4.90 Å². The number of para-hydroxylation sites is 1. The van der Waals surface area contributed by atoms with Gasteiger partial charge in [0.25, 0.3) is 0 Å². The number of rotatable bonds is 4. The molecule has 0 aliphatic heterocycles. The molecule has 0 radical (unpaired) electrons. The summed E-state index contributed by atoms with van der Waals surface area (Å²) in [5.74, 6) is 0.129. The lowest BCUT2D eigenvalue weighted by molar-refractivity contribution is 0.477. The molecule has 0 aliphatic carbocycles. The third-order valence-corrected chi connectivity index (χ3v) is 5.92. The summed E-state index contributed by atoms with van der Waals surface area (Å²) in [6.07, 6.45) is 1.17. The van der Waals surface area contributed by atoms with Gasteiger partial charge in [-0.3, -0.25) is 0 Å². The van der Waals surface area contributed by atoms with Crippen molar-refractivity contribution in [2.24, 2.45) is 0 Å². The first-order valence-corrected chi connectivity index (χ1v) is 11.0. The summed E-state index contributed by atoms with van der Waals surface area (Å²) in [5, 5.41) is 15.7. The highest BCUT2D eigenvalue weighted by Gasteiger charge is 2.16. The van der Waals surface area contributed by atoms with E-state index in [9.17, 15) is 13.5 Å². The summed E-state index contributed by atoms with van der Waals surface area (Å²) in [6, 6.07) is 22.7. The predicted octanol–water partition coefficient (Wildman–Crippen LogP) is 4.97. The molecule has 0 aliphatic rings. The molecule has 29 heavy (non-hydrogen) atoms. The van der Waals surface area contributed by atoms with Crippen LogP contribution in [0.1, 0.15) is 0 Å². The number of aromatic hydroxyl groups is 1. The maximum atomic E-state index is 11.8. The van der Waals surface area contributed by atoms with E-state index in [1.807, 2.05) is 24.3 Å². The Balaban J connectivity index is 1.89. The molecule has 7 heteroatoms. The first kappa shape index (κ1) is 19.2. The number of benzene rings is 3. The summed E-state index contributed by atoms with van der Waals surface area (Å²) in [6.45, 7) is 0. The molecule has 0 fully saturated rings. The van der Waals surface area contributed by atoms with Crippen molar-refractivity contribution in [3.05, 3.63) is 83.9 Å². The number of phenolic OH excluding ortho intramolecular Hbond substituents is 1. The van der Waals surface area contributed by atoms with Crippen molar-refractivity contribution in [1.82, 2.24) is 9.78 Å². The van der Waals surface area contributed by atoms with Crippen molar-refractivity contribution >= 4 is 21.4 Å². The van der Waals surface area contributed by atoms with E-state index in [0.29, 0.717) is 27.7 Å². The largest absolute Gasteiger partial charge is 0.507 e. The van der Waals surface area contributed by atoms with Gasteiger partial charge in [0.05, 0.1) is 22.0 Å². The van der Waals surface area contributed by atoms with Gasteiger partial charge in [0.1, 0.15) is 5.75 Å². The van der Waals surface area contributed by atoms with Crippen molar-refractivity contribution in [3.63, 3.8) is 0 Å². The number of aromatic nitrogens is 2. The second kappa shape index (κ2) is 7.39. The van der Waals surface area contributed by atoms with E-state index in [1.165, 1.54) is 6.26 Å². The quantitative estimate of drug-likeness (QED) is 0.502. The van der Waals surface area contributed by atoms with E-state index in [4.69, 9.17) is 16.7 Å². The Hall–Kier alpha value is -3.09. The second-order valence-electron chi connectivity index (χ2n) is 6.62. The van der Waals surface area contributed by atoms with Crippen LogP contribution in [-0.2, 0) is 9.84 Å². The van der Waals surface area contributed by atoms with Crippen LogP contribution in [0.15, 0.2) is 83.8 Å². The lowest BCUT2D eigenvalue weighted by Gasteiger charge is -2.09. The average Bonchev–Trinajstić information content (AvgIpc) is 3.13. The Morgan fingerprint density at radius 3 is 2.21 bits per heavy atom. The summed E-state index contributed by atoms with van der Waals surface area (Å²) >= 11 is 5.99. The number of nitrogens with zero attached hydrogens (tertiary/aromatic N) is 2. The van der Waals surface area contributed by atoms with Crippen LogP contribution in [0, 0.1) is 0 Å². The SMILES string of the molecule is CS(=O)(=O)c1ccc(-n2nc(-c3ccc(Cl)cc3)cc2-c2ccccc2O)cc1. The number of sulfone groups is 1. The molecule has 0 unspecified atom stereocenters. The van der Waals surface area contributed by atoms with Crippen molar-refractivity contribution in [2.75, 3.05) is 6.26 Å². The van der Waals surface area contributed by atoms with Gasteiger partial charge in [-0.2, -0.15) is 5.10 Å². The first-order chi connectivity index (χ1) is 13.8. The van der Waals surface area contributed by atoms with Crippen molar-refractivity contribution < 1.29 is 13.5 Å². The van der Waals surface area contributed by atoms with Crippen LogP contribution in [-0.4, -0.2) is 29.6 Å². The Morgan fingerprint density at radius 2 is 1.59 bits per heavy atom. The summed E-state index contributed by atoms with van der Waals surface area (Å²) in [5.41, 5.74) is 3.55. The van der Waals surface area contributed by atoms with E-state index < -0.39 is 9.84 Å². The Bertz CT molecular complexity index is 1280. The molecule has 0 bridgehead atoms. The van der Waals surface area contributed by atoms with Crippen molar-refractivity contribution in [1.29, 1.82) is 0 Å². The fourth-order valence-electron chi connectivity index (χ4n) is 3.06. The minimum Gasteiger partial charge on any atom is -0.507 e. The zero-order valence-corrected chi connectivity index (χ0v) is 17.0. The number of phenols is 1. The fraction of sp³-hybridized carbons (Fsp3) is 0.0455. The van der Waals surface area contributed by atoms with E-state index >= 15 is 0 Å². The summed E-state index contributed by atoms with van der Waals surface area (Å²) in [4.78, 5) is 0.232. The zero-order chi connectivity index (χ0) is 20.6. The smallest absolute Gasteiger partial charge is 0.175 e. The molecule has 4 rings (SSSR count). The first-order valence-electron chi connectivity index (χ1n) is 8.78. The van der Waals surface area contributed by atoms with Crippen LogP contribution < -0.4 is 0 Å². The van der Waals surface area contributed by atoms with Crippen molar-refractivity contribution in [3.8, 4) is 34.0 Å². The van der Waals surface area contributed by atoms with Crippen LogP contribution in [0.2, 0.25) is 5.02 Å². The highest BCUT2D eigenvalue weighted by atomic mass is 35.5. The molecule has 0 amide bonds. The molecular weight excluding hydrogens is 408 g/mol. The molecular formula is C22H17ClN2O3S. The van der Waals surface area contributed by atoms with Crippen LogP contribution in [0.5, 0.6) is 5.75 Å². The van der Waals surface area contributed by atoms with Gasteiger partial charge >= 0.3 is 0 Å². The van der Waals surface area contributed by atoms with Gasteiger partial charge in [-0.1, -0.05) is 35.9 Å². The maximum Gasteiger partial charge on any atom is 0.175 e. The van der Waals surface area contributed by atoms with Crippen LogP contribution in [0.25, 0.3) is 28.2 Å². The maximum absolute atomic E-state index is 11.8. The lowest BCUT2D eigenvalue weighted by Crippen LogP contribution is -2.01. The molecule has 1 heterocycles. The second-order valence-corrected chi connectivity index (χ2v) is 9.07. The minimum absolute atomic E-state index is 0.129. The summed E-state index contributed by atoms with van der Waals surface area (Å²) < 4.78 is 25.2. The monoisotopic (exact) mass is 424 g/mol. The molecule has 5 nitrogen and oxygen atoms in total. The standard InChI is InChI=1S/C22H17ClN2O3S/c1-29(27,28)18-12-10-17(11-13-18)25-21(19-4-2-3-5-22(19)26)14-20(24-25)15-6-8-16(23)9-7-15/h2-14,26H,1H3. The molecule has 146 valence electrons. The molecule has 0 saturated heterocycles. The third-order valence-electron chi connectivity index (χ3n) is 4.54. The topological polar surface area (TPSA) is 72.2 Å². The fourth-order valence-corrected chi connectivity index (χ4v) is 3.81. The predicted molar refractivity (Wildman–Crippen MR) is 114 cm³/mol. The normalized spacial score (nSPS) is 11.5. The van der Waals surface area contributed by atoms with E-state index in [2.05, 4.69) is 0 Å². The molecule has 1 aromatic heterocycles. The van der Waals surface area contributed by atoms with Gasteiger partial charge < -0.3 is 5.11 Å². The highest BCUT2D eigenvalue weighted by Crippen LogP contribution is 2.34. The number of halogens is 1. The number of hydrogen-bond acceptors (Lipinski definition) is 4. The molecule has 0 saturated carbocycles. The molecule has 0 spiro atoms. The van der Waals surface area contributed by atoms with E-state index in [1.54, 1.807) is 59.3 Å². The van der Waals surface area contributed by atoms with Gasteiger partial charge in [-0.15, -0.1) is 0 Å². The van der Waals surface area contributed by atoms with Gasteiger partial charge in [0.2, 0.25) is 0 Å². The lowest BCUT2D eigenvalue weighted by atomic mass is 10.1. The van der Waals surface area contributed by atoms with Crippen LogP contribution >= 0.6 is 11.6 Å². The Morgan fingerprint density at radius 1 is 0.931 bits per heavy atom. The zero-order valence-electron chi connectivity index (χ0n) is 15.4. The van der Waals surface area contributed by atoms with E-state index in [0.717, 1.165) is 5.56 Å². The number of hydrogen-bond donors (Lipinski definition) is 1. The highest BCUT2D eigenvalue weighted by molar-refractivity contribution is 7.90.